The maximum Gasteiger partial charge on any atom is 0.418 e. The highest BCUT2D eigenvalue weighted by atomic mass is 19.4. The molecular formula is C33H25F3N2O2. The van der Waals surface area contributed by atoms with E-state index in [4.69, 9.17) is 14.7 Å². The Morgan fingerprint density at radius 2 is 1.60 bits per heavy atom. The number of fused-ring (bicyclic) bond motifs is 1. The average Bonchev–Trinajstić information content (AvgIpc) is 2.96. The lowest BCUT2D eigenvalue weighted by Gasteiger charge is -2.17. The minimum Gasteiger partial charge on any atom is -0.489 e. The Labute approximate surface area is 230 Å². The highest BCUT2D eigenvalue weighted by molar-refractivity contribution is 5.98. The third-order valence-electron chi connectivity index (χ3n) is 6.68. The number of halogens is 3. The lowest BCUT2D eigenvalue weighted by atomic mass is 9.91. The Balaban J connectivity index is 1.53. The topological polar surface area (TPSA) is 55.1 Å². The molecule has 0 bridgehead atoms. The number of para-hydroxylation sites is 1. The van der Waals surface area contributed by atoms with Crippen LogP contribution in [0.15, 0.2) is 97.2 Å². The third kappa shape index (κ3) is 5.92. The number of pyridine rings is 1. The van der Waals surface area contributed by atoms with Gasteiger partial charge in [-0.3, -0.25) is 4.98 Å². The fourth-order valence-corrected chi connectivity index (χ4v) is 4.69. The van der Waals surface area contributed by atoms with Crippen molar-refractivity contribution in [2.75, 3.05) is 6.61 Å². The molecule has 5 aromatic rings. The fraction of sp³-hybridized carbons (Fsp3) is 0.152. The largest absolute Gasteiger partial charge is 0.489 e. The molecule has 4 nitrogen and oxygen atoms in total. The maximum atomic E-state index is 13.9. The molecule has 40 heavy (non-hydrogen) atoms. The Morgan fingerprint density at radius 3 is 2.35 bits per heavy atom. The summed E-state index contributed by atoms with van der Waals surface area (Å²) in [7, 11) is 0. The predicted octanol–water partition coefficient (Wildman–Crippen LogP) is 8.30. The van der Waals surface area contributed by atoms with Gasteiger partial charge >= 0.3 is 6.18 Å². The molecule has 0 amide bonds. The van der Waals surface area contributed by atoms with Crippen LogP contribution in [-0.4, -0.2) is 11.6 Å². The van der Waals surface area contributed by atoms with Gasteiger partial charge in [-0.2, -0.15) is 18.4 Å². The second kappa shape index (κ2) is 11.5. The predicted molar refractivity (Wildman–Crippen MR) is 148 cm³/mol. The van der Waals surface area contributed by atoms with E-state index in [0.29, 0.717) is 28.9 Å². The summed E-state index contributed by atoms with van der Waals surface area (Å²) < 4.78 is 53.0. The first-order valence-corrected chi connectivity index (χ1v) is 12.7. The Hall–Kier alpha value is -4.83. The summed E-state index contributed by atoms with van der Waals surface area (Å²) in [5, 5.41) is 9.10. The van der Waals surface area contributed by atoms with Crippen molar-refractivity contribution in [3.05, 3.63) is 125 Å². The molecule has 200 valence electrons. The van der Waals surface area contributed by atoms with Crippen LogP contribution in [-0.2, 0) is 19.2 Å². The van der Waals surface area contributed by atoms with Gasteiger partial charge in [-0.15, -0.1) is 0 Å². The van der Waals surface area contributed by atoms with Gasteiger partial charge in [-0.05, 0) is 77.1 Å². The van der Waals surface area contributed by atoms with E-state index in [1.165, 1.54) is 6.07 Å². The van der Waals surface area contributed by atoms with Crippen molar-refractivity contribution < 1.29 is 22.6 Å². The highest BCUT2D eigenvalue weighted by Gasteiger charge is 2.33. The number of rotatable bonds is 8. The van der Waals surface area contributed by atoms with Gasteiger partial charge in [0.25, 0.3) is 0 Å². The molecule has 0 aliphatic heterocycles. The standard InChI is InChI=1S/C33H25F3N2O2/c1-22-6-2-3-7-24(22)18-26-20-38-32-29(10-5-11-30(32)33(34,35)36)31(26)25-8-4-9-28(19-25)40-21-23-12-14-27(15-13-23)39-17-16-37/h2-15,19-20H,17-18,21H2,1H3. The second-order valence-electron chi connectivity index (χ2n) is 9.37. The molecule has 0 aliphatic rings. The second-order valence-corrected chi connectivity index (χ2v) is 9.37. The van der Waals surface area contributed by atoms with Crippen LogP contribution in [0.1, 0.15) is 27.8 Å². The van der Waals surface area contributed by atoms with E-state index < -0.39 is 11.7 Å². The minimum atomic E-state index is -4.53. The molecule has 0 aliphatic carbocycles. The van der Waals surface area contributed by atoms with Gasteiger partial charge in [0, 0.05) is 11.6 Å². The van der Waals surface area contributed by atoms with E-state index in [-0.39, 0.29) is 18.7 Å². The third-order valence-corrected chi connectivity index (χ3v) is 6.68. The van der Waals surface area contributed by atoms with Crippen LogP contribution in [0.2, 0.25) is 0 Å². The molecule has 1 heterocycles. The zero-order valence-corrected chi connectivity index (χ0v) is 21.7. The molecule has 0 saturated heterocycles. The highest BCUT2D eigenvalue weighted by Crippen LogP contribution is 2.39. The van der Waals surface area contributed by atoms with E-state index in [1.54, 1.807) is 24.4 Å². The van der Waals surface area contributed by atoms with Crippen molar-refractivity contribution >= 4 is 10.9 Å². The van der Waals surface area contributed by atoms with Crippen molar-refractivity contribution in [2.45, 2.75) is 26.1 Å². The van der Waals surface area contributed by atoms with Crippen LogP contribution in [0.3, 0.4) is 0 Å². The molecule has 5 rings (SSSR count). The van der Waals surface area contributed by atoms with E-state index >= 15 is 0 Å². The van der Waals surface area contributed by atoms with Crippen LogP contribution in [0.4, 0.5) is 13.2 Å². The molecular weight excluding hydrogens is 513 g/mol. The first kappa shape index (κ1) is 26.8. The molecule has 7 heteroatoms. The molecule has 0 unspecified atom stereocenters. The maximum absolute atomic E-state index is 13.9. The van der Waals surface area contributed by atoms with Crippen LogP contribution >= 0.6 is 0 Å². The van der Waals surface area contributed by atoms with Gasteiger partial charge in [0.15, 0.2) is 6.61 Å². The minimum absolute atomic E-state index is 0.0252. The molecule has 0 radical (unpaired) electrons. The van der Waals surface area contributed by atoms with Gasteiger partial charge in [-0.1, -0.05) is 60.7 Å². The molecule has 1 aromatic heterocycles. The number of nitriles is 1. The number of alkyl halides is 3. The summed E-state index contributed by atoms with van der Waals surface area (Å²) in [4.78, 5) is 4.30. The molecule has 0 fully saturated rings. The van der Waals surface area contributed by atoms with Crippen molar-refractivity contribution in [1.82, 2.24) is 4.98 Å². The SMILES string of the molecule is Cc1ccccc1Cc1cnc2c(C(F)(F)F)cccc2c1-c1cccc(OCc2ccc(OCC#N)cc2)c1. The molecule has 4 aromatic carbocycles. The lowest BCUT2D eigenvalue weighted by Crippen LogP contribution is -2.07. The normalized spacial score (nSPS) is 11.3. The van der Waals surface area contributed by atoms with Crippen LogP contribution in [0.25, 0.3) is 22.0 Å². The number of benzene rings is 4. The summed E-state index contributed by atoms with van der Waals surface area (Å²) in [6, 6.07) is 28.7. The molecule has 0 spiro atoms. The number of hydrogen-bond acceptors (Lipinski definition) is 4. The van der Waals surface area contributed by atoms with Gasteiger partial charge in [0.05, 0.1) is 11.1 Å². The summed E-state index contributed by atoms with van der Waals surface area (Å²) in [5.74, 6) is 1.18. The van der Waals surface area contributed by atoms with E-state index in [9.17, 15) is 13.2 Å². The van der Waals surface area contributed by atoms with Gasteiger partial charge in [-0.25, -0.2) is 0 Å². The van der Waals surface area contributed by atoms with Crippen LogP contribution in [0.5, 0.6) is 11.5 Å². The number of aromatic nitrogens is 1. The van der Waals surface area contributed by atoms with Gasteiger partial charge in [0.1, 0.15) is 24.2 Å². The Bertz CT molecular complexity index is 1690. The van der Waals surface area contributed by atoms with Gasteiger partial charge < -0.3 is 9.47 Å². The smallest absolute Gasteiger partial charge is 0.418 e. The summed E-state index contributed by atoms with van der Waals surface area (Å²) >= 11 is 0. The fourth-order valence-electron chi connectivity index (χ4n) is 4.69. The van der Waals surface area contributed by atoms with Crippen molar-refractivity contribution in [3.63, 3.8) is 0 Å². The van der Waals surface area contributed by atoms with Crippen LogP contribution in [0, 0.1) is 18.3 Å². The monoisotopic (exact) mass is 538 g/mol. The van der Waals surface area contributed by atoms with Crippen molar-refractivity contribution in [3.8, 4) is 28.7 Å². The quantitative estimate of drug-likeness (QED) is 0.199. The van der Waals surface area contributed by atoms with Gasteiger partial charge in [0.2, 0.25) is 0 Å². The summed E-state index contributed by atoms with van der Waals surface area (Å²) in [6.07, 6.45) is -2.45. The van der Waals surface area contributed by atoms with E-state index in [1.807, 2.05) is 73.7 Å². The molecule has 0 saturated carbocycles. The number of aryl methyl sites for hydroxylation is 1. The zero-order valence-electron chi connectivity index (χ0n) is 21.7. The number of hydrogen-bond donors (Lipinski definition) is 0. The first-order chi connectivity index (χ1) is 19.3. The first-order valence-electron chi connectivity index (χ1n) is 12.7. The Kier molecular flexibility index (Phi) is 7.70. The number of nitrogens with zero attached hydrogens (tertiary/aromatic N) is 2. The summed E-state index contributed by atoms with van der Waals surface area (Å²) in [5.41, 5.74) is 4.50. The average molecular weight is 539 g/mol. The van der Waals surface area contributed by atoms with Crippen molar-refractivity contribution in [1.29, 1.82) is 5.26 Å². The Morgan fingerprint density at radius 1 is 0.825 bits per heavy atom. The molecule has 0 N–H and O–H groups in total. The molecule has 0 atom stereocenters. The van der Waals surface area contributed by atoms with E-state index in [0.717, 1.165) is 33.9 Å². The summed E-state index contributed by atoms with van der Waals surface area (Å²) in [6.45, 7) is 2.28. The number of ether oxygens (including phenoxy) is 2. The zero-order chi connectivity index (χ0) is 28.1. The lowest BCUT2D eigenvalue weighted by molar-refractivity contribution is -0.136. The van der Waals surface area contributed by atoms with E-state index in [2.05, 4.69) is 4.98 Å². The van der Waals surface area contributed by atoms with Crippen LogP contribution < -0.4 is 9.47 Å². The van der Waals surface area contributed by atoms with Crippen molar-refractivity contribution in [2.24, 2.45) is 0 Å².